The van der Waals surface area contributed by atoms with Crippen molar-refractivity contribution in [3.63, 3.8) is 0 Å². The molecule has 5 rings (SSSR count). The molecule has 1 aromatic carbocycles. The van der Waals surface area contributed by atoms with Gasteiger partial charge in [0.25, 0.3) is 0 Å². The predicted molar refractivity (Wildman–Crippen MR) is 129 cm³/mol. The summed E-state index contributed by atoms with van der Waals surface area (Å²) < 4.78 is 26.2. The number of nitrogen functional groups attached to an aromatic ring is 1. The van der Waals surface area contributed by atoms with Gasteiger partial charge in [0, 0.05) is 37.4 Å². The number of benzene rings is 1. The fraction of sp³-hybridized carbons (Fsp3) is 0.375. The number of pyridine rings is 1. The van der Waals surface area contributed by atoms with Gasteiger partial charge in [0.2, 0.25) is 0 Å². The normalized spacial score (nSPS) is 20.9. The average Bonchev–Trinajstić information content (AvgIpc) is 3.42. The zero-order valence-electron chi connectivity index (χ0n) is 19.1. The Morgan fingerprint density at radius 3 is 2.85 bits per heavy atom. The van der Waals surface area contributed by atoms with Gasteiger partial charge in [-0.05, 0) is 38.1 Å². The third-order valence-corrected chi connectivity index (χ3v) is 6.31. The Bertz CT molecular complexity index is 1330. The Hall–Kier alpha value is -2.98. The van der Waals surface area contributed by atoms with Crippen LogP contribution in [-0.2, 0) is 14.2 Å². The second-order valence-corrected chi connectivity index (χ2v) is 9.05. The first-order chi connectivity index (χ1) is 16.3. The minimum absolute atomic E-state index is 0.220. The van der Waals surface area contributed by atoms with Gasteiger partial charge in [0.1, 0.15) is 36.3 Å². The molecule has 4 aromatic rings. The number of fused-ring (bicyclic) bond motifs is 2. The van der Waals surface area contributed by atoms with Crippen LogP contribution in [0.3, 0.4) is 0 Å². The number of nitrogens with two attached hydrogens (primary N) is 1. The molecule has 0 bridgehead atoms. The van der Waals surface area contributed by atoms with Gasteiger partial charge in [-0.1, -0.05) is 11.6 Å². The number of hydrogen-bond donors (Lipinski definition) is 1. The number of nitrogens with zero attached hydrogens (tertiary/aromatic N) is 4. The lowest BCUT2D eigenvalue weighted by Gasteiger charge is -2.30. The molecule has 178 valence electrons. The van der Waals surface area contributed by atoms with Gasteiger partial charge in [-0.15, -0.1) is 0 Å². The number of ether oxygens (including phenoxy) is 4. The van der Waals surface area contributed by atoms with Crippen LogP contribution in [0.5, 0.6) is 5.75 Å². The quantitative estimate of drug-likeness (QED) is 0.387. The fourth-order valence-corrected chi connectivity index (χ4v) is 4.37. The molecule has 0 saturated carbocycles. The molecular formula is C24H26ClN5O4. The molecule has 0 unspecified atom stereocenters. The zero-order valence-corrected chi connectivity index (χ0v) is 19.9. The maximum Gasteiger partial charge on any atom is 0.162 e. The van der Waals surface area contributed by atoms with E-state index in [0.717, 1.165) is 16.3 Å². The first-order valence-electron chi connectivity index (χ1n) is 11.0. The predicted octanol–water partition coefficient (Wildman–Crippen LogP) is 4.35. The topological polar surface area (TPSA) is 107 Å². The van der Waals surface area contributed by atoms with Crippen LogP contribution in [0.25, 0.3) is 21.9 Å². The highest BCUT2D eigenvalue weighted by Gasteiger charge is 2.41. The second-order valence-electron chi connectivity index (χ2n) is 8.65. The van der Waals surface area contributed by atoms with E-state index in [0.29, 0.717) is 35.3 Å². The molecule has 3 aromatic heterocycles. The maximum atomic E-state index is 6.40. The SMILES string of the molecule is COC(C)(C)O[C@@H]1C[C@@H](COc2ccc3c(Cl)ccnc3c2)O[C@H]1n1ccc2c(N)ncnc21. The van der Waals surface area contributed by atoms with Gasteiger partial charge in [-0.2, -0.15) is 0 Å². The van der Waals surface area contributed by atoms with Gasteiger partial charge in [-0.25, -0.2) is 9.97 Å². The van der Waals surface area contributed by atoms with Crippen molar-refractivity contribution in [2.45, 2.75) is 44.5 Å². The van der Waals surface area contributed by atoms with E-state index in [1.807, 2.05) is 48.9 Å². The molecule has 2 N–H and O–H groups in total. The van der Waals surface area contributed by atoms with Crippen LogP contribution in [0.15, 0.2) is 49.1 Å². The van der Waals surface area contributed by atoms with Crippen molar-refractivity contribution in [1.82, 2.24) is 19.5 Å². The van der Waals surface area contributed by atoms with E-state index in [1.165, 1.54) is 6.33 Å². The summed E-state index contributed by atoms with van der Waals surface area (Å²) in [4.78, 5) is 12.9. The number of methoxy groups -OCH3 is 1. The summed E-state index contributed by atoms with van der Waals surface area (Å²) in [6.45, 7) is 4.08. The van der Waals surface area contributed by atoms with Crippen LogP contribution in [-0.4, -0.2) is 51.2 Å². The third kappa shape index (κ3) is 4.39. The highest BCUT2D eigenvalue weighted by atomic mass is 35.5. The van der Waals surface area contributed by atoms with E-state index >= 15 is 0 Å². The summed E-state index contributed by atoms with van der Waals surface area (Å²) in [6.07, 6.45) is 4.66. The van der Waals surface area contributed by atoms with Crippen LogP contribution in [0.4, 0.5) is 5.82 Å². The van der Waals surface area contributed by atoms with E-state index in [1.54, 1.807) is 19.4 Å². The molecule has 9 nitrogen and oxygen atoms in total. The average molecular weight is 484 g/mol. The lowest BCUT2D eigenvalue weighted by atomic mass is 10.2. The van der Waals surface area contributed by atoms with Crippen molar-refractivity contribution in [2.75, 3.05) is 19.5 Å². The summed E-state index contributed by atoms with van der Waals surface area (Å²) in [6, 6.07) is 9.30. The molecule has 0 amide bonds. The molecule has 1 fully saturated rings. The van der Waals surface area contributed by atoms with Crippen LogP contribution in [0.2, 0.25) is 5.02 Å². The zero-order chi connectivity index (χ0) is 23.9. The van der Waals surface area contributed by atoms with Gasteiger partial charge in [0.15, 0.2) is 12.0 Å². The van der Waals surface area contributed by atoms with E-state index in [2.05, 4.69) is 15.0 Å². The van der Waals surface area contributed by atoms with E-state index in [4.69, 9.17) is 36.3 Å². The monoisotopic (exact) mass is 483 g/mol. The molecule has 3 atom stereocenters. The molecule has 1 aliphatic rings. The van der Waals surface area contributed by atoms with Crippen LogP contribution >= 0.6 is 11.6 Å². The smallest absolute Gasteiger partial charge is 0.162 e. The van der Waals surface area contributed by atoms with E-state index in [9.17, 15) is 0 Å². The van der Waals surface area contributed by atoms with Crippen LogP contribution in [0.1, 0.15) is 26.5 Å². The molecule has 1 aliphatic heterocycles. The Morgan fingerprint density at radius 2 is 2.03 bits per heavy atom. The summed E-state index contributed by atoms with van der Waals surface area (Å²) in [5.41, 5.74) is 7.48. The highest BCUT2D eigenvalue weighted by Crippen LogP contribution is 2.37. The van der Waals surface area contributed by atoms with Gasteiger partial charge in [-0.3, -0.25) is 4.98 Å². The van der Waals surface area contributed by atoms with E-state index in [-0.39, 0.29) is 12.2 Å². The number of halogens is 1. The molecule has 34 heavy (non-hydrogen) atoms. The second kappa shape index (κ2) is 8.99. The Kier molecular flexibility index (Phi) is 6.03. The van der Waals surface area contributed by atoms with Crippen LogP contribution < -0.4 is 10.5 Å². The van der Waals surface area contributed by atoms with Crippen molar-refractivity contribution < 1.29 is 18.9 Å². The molecule has 1 saturated heterocycles. The minimum atomic E-state index is -0.789. The lowest BCUT2D eigenvalue weighted by molar-refractivity contribution is -0.237. The Labute approximate surface area is 201 Å². The van der Waals surface area contributed by atoms with Gasteiger partial charge >= 0.3 is 0 Å². The summed E-state index contributed by atoms with van der Waals surface area (Å²) in [7, 11) is 1.62. The molecule has 0 radical (unpaired) electrons. The largest absolute Gasteiger partial charge is 0.491 e. The number of rotatable bonds is 7. The highest BCUT2D eigenvalue weighted by molar-refractivity contribution is 6.35. The molecule has 10 heteroatoms. The molecular weight excluding hydrogens is 458 g/mol. The molecule has 0 aliphatic carbocycles. The maximum absolute atomic E-state index is 6.40. The van der Waals surface area contributed by atoms with Gasteiger partial charge < -0.3 is 29.2 Å². The number of hydrogen-bond acceptors (Lipinski definition) is 8. The third-order valence-electron chi connectivity index (χ3n) is 5.98. The summed E-state index contributed by atoms with van der Waals surface area (Å²) in [5.74, 6) is 0.319. The van der Waals surface area contributed by atoms with Crippen molar-refractivity contribution in [3.05, 3.63) is 54.1 Å². The van der Waals surface area contributed by atoms with Crippen molar-refractivity contribution in [1.29, 1.82) is 0 Å². The first kappa shape index (κ1) is 22.8. The lowest BCUT2D eigenvalue weighted by Crippen LogP contribution is -2.35. The van der Waals surface area contributed by atoms with Crippen LogP contribution in [0, 0.1) is 0 Å². The van der Waals surface area contributed by atoms with Crippen molar-refractivity contribution >= 4 is 39.4 Å². The fourth-order valence-electron chi connectivity index (χ4n) is 4.15. The summed E-state index contributed by atoms with van der Waals surface area (Å²) in [5, 5.41) is 2.30. The minimum Gasteiger partial charge on any atom is -0.491 e. The Balaban J connectivity index is 1.37. The molecule has 0 spiro atoms. The van der Waals surface area contributed by atoms with Gasteiger partial charge in [0.05, 0.1) is 22.0 Å². The van der Waals surface area contributed by atoms with Crippen molar-refractivity contribution in [2.24, 2.45) is 0 Å². The number of aromatic nitrogens is 4. The Morgan fingerprint density at radius 1 is 1.18 bits per heavy atom. The van der Waals surface area contributed by atoms with Crippen molar-refractivity contribution in [3.8, 4) is 5.75 Å². The van der Waals surface area contributed by atoms with E-state index < -0.39 is 12.0 Å². The number of anilines is 1. The summed E-state index contributed by atoms with van der Waals surface area (Å²) >= 11 is 6.24. The molecule has 4 heterocycles. The first-order valence-corrected chi connectivity index (χ1v) is 11.3. The standard InChI is InChI=1S/C24H26ClN5O4/c1-24(2,31-3)34-20-11-15(12-32-14-4-5-16-18(25)6-8-27-19(16)10-14)33-23(20)30-9-7-17-21(26)28-13-29-22(17)30/h4-10,13,15,20,23H,11-12H2,1-3H3,(H2,26,28,29)/t15-,20+,23+/m0/s1.